The van der Waals surface area contributed by atoms with Gasteiger partial charge in [0.05, 0.1) is 6.61 Å². The molecule has 1 aromatic carbocycles. The molecule has 0 heterocycles. The highest BCUT2D eigenvalue weighted by Crippen LogP contribution is 2.31. The Balaban J connectivity index is 2.27. The van der Waals surface area contributed by atoms with Gasteiger partial charge < -0.3 is 15.7 Å². The van der Waals surface area contributed by atoms with Crippen molar-refractivity contribution in [3.05, 3.63) is 23.8 Å². The van der Waals surface area contributed by atoms with E-state index in [-0.39, 0.29) is 6.61 Å². The average molecular weight is 234 g/mol. The predicted octanol–water partition coefficient (Wildman–Crippen LogP) is 2.32. The zero-order valence-electron chi connectivity index (χ0n) is 10.5. The van der Waals surface area contributed by atoms with Crippen LogP contribution in [-0.4, -0.2) is 24.3 Å². The summed E-state index contributed by atoms with van der Waals surface area (Å²) in [6.45, 7) is 3.01. The molecule has 0 amide bonds. The Labute approximate surface area is 103 Å². The van der Waals surface area contributed by atoms with Gasteiger partial charge in [0, 0.05) is 24.0 Å². The van der Waals surface area contributed by atoms with Crippen LogP contribution >= 0.6 is 0 Å². The number of nitrogens with zero attached hydrogens (tertiary/aromatic N) is 1. The minimum absolute atomic E-state index is 0.199. The lowest BCUT2D eigenvalue weighted by molar-refractivity contribution is 0.297. The van der Waals surface area contributed by atoms with Crippen LogP contribution < -0.4 is 10.6 Å². The Hall–Kier alpha value is -1.22. The molecule has 0 aromatic heterocycles. The van der Waals surface area contributed by atoms with E-state index in [4.69, 9.17) is 5.73 Å². The summed E-state index contributed by atoms with van der Waals surface area (Å²) < 4.78 is 0. The molecule has 1 aliphatic carbocycles. The summed E-state index contributed by atoms with van der Waals surface area (Å²) in [7, 11) is 0. The Morgan fingerprint density at radius 3 is 2.71 bits per heavy atom. The molecule has 0 aliphatic heterocycles. The van der Waals surface area contributed by atoms with Gasteiger partial charge in [-0.05, 0) is 37.5 Å². The molecule has 0 spiro atoms. The highest BCUT2D eigenvalue weighted by Gasteiger charge is 2.23. The molecule has 0 bridgehead atoms. The van der Waals surface area contributed by atoms with Crippen LogP contribution in [-0.2, 0) is 0 Å². The predicted molar refractivity (Wildman–Crippen MR) is 72.3 cm³/mol. The average Bonchev–Trinajstić information content (AvgIpc) is 2.83. The minimum atomic E-state index is 0.199. The first kappa shape index (κ1) is 12.2. The van der Waals surface area contributed by atoms with Gasteiger partial charge in [-0.1, -0.05) is 18.9 Å². The van der Waals surface area contributed by atoms with E-state index in [0.717, 1.165) is 5.69 Å². The molecule has 0 atom stereocenters. The molecule has 0 saturated heterocycles. The third-order valence-corrected chi connectivity index (χ3v) is 3.65. The maximum Gasteiger partial charge on any atom is 0.0606 e. The molecular weight excluding hydrogens is 212 g/mol. The van der Waals surface area contributed by atoms with E-state index in [0.29, 0.717) is 12.6 Å². The first-order chi connectivity index (χ1) is 8.22. The summed E-state index contributed by atoms with van der Waals surface area (Å²) >= 11 is 0. The molecule has 3 heteroatoms. The number of aryl methyl sites for hydroxylation is 1. The van der Waals surface area contributed by atoms with Gasteiger partial charge in [-0.15, -0.1) is 0 Å². The molecule has 17 heavy (non-hydrogen) atoms. The summed E-state index contributed by atoms with van der Waals surface area (Å²) in [4.78, 5) is 2.33. The second-order valence-corrected chi connectivity index (χ2v) is 4.90. The maximum atomic E-state index is 9.25. The Morgan fingerprint density at radius 1 is 1.35 bits per heavy atom. The topological polar surface area (TPSA) is 49.5 Å². The van der Waals surface area contributed by atoms with Crippen molar-refractivity contribution in [3.63, 3.8) is 0 Å². The van der Waals surface area contributed by atoms with Crippen molar-refractivity contribution in [2.75, 3.05) is 23.8 Å². The second-order valence-electron chi connectivity index (χ2n) is 4.90. The number of hydrogen-bond acceptors (Lipinski definition) is 3. The highest BCUT2D eigenvalue weighted by atomic mass is 16.3. The Morgan fingerprint density at radius 2 is 2.06 bits per heavy atom. The summed E-state index contributed by atoms with van der Waals surface area (Å²) in [5.41, 5.74) is 9.09. The fraction of sp³-hybridized carbons (Fsp3) is 0.571. The van der Waals surface area contributed by atoms with Crippen LogP contribution in [0.4, 0.5) is 11.4 Å². The summed E-state index contributed by atoms with van der Waals surface area (Å²) in [5.74, 6) is 0. The largest absolute Gasteiger partial charge is 0.399 e. The molecule has 0 unspecified atom stereocenters. The summed E-state index contributed by atoms with van der Waals surface area (Å²) in [6, 6.07) is 6.60. The molecular formula is C14H22N2O. The lowest BCUT2D eigenvalue weighted by Crippen LogP contribution is -2.36. The molecule has 3 N–H and O–H groups in total. The summed E-state index contributed by atoms with van der Waals surface area (Å²) in [6.07, 6.45) is 5.06. The van der Waals surface area contributed by atoms with Crippen molar-refractivity contribution in [2.24, 2.45) is 0 Å². The van der Waals surface area contributed by atoms with E-state index >= 15 is 0 Å². The van der Waals surface area contributed by atoms with Crippen molar-refractivity contribution >= 4 is 11.4 Å². The first-order valence-corrected chi connectivity index (χ1v) is 6.46. The van der Waals surface area contributed by atoms with E-state index in [1.807, 2.05) is 12.1 Å². The first-order valence-electron chi connectivity index (χ1n) is 6.46. The van der Waals surface area contributed by atoms with Crippen molar-refractivity contribution in [3.8, 4) is 0 Å². The third-order valence-electron chi connectivity index (χ3n) is 3.65. The van der Waals surface area contributed by atoms with Crippen LogP contribution in [0.5, 0.6) is 0 Å². The van der Waals surface area contributed by atoms with Crippen molar-refractivity contribution in [2.45, 2.75) is 38.6 Å². The van der Waals surface area contributed by atoms with Crippen LogP contribution in [0.15, 0.2) is 18.2 Å². The molecule has 1 fully saturated rings. The maximum absolute atomic E-state index is 9.25. The number of benzene rings is 1. The molecule has 2 rings (SSSR count). The van der Waals surface area contributed by atoms with Crippen molar-refractivity contribution in [1.29, 1.82) is 0 Å². The number of nitrogens with two attached hydrogens (primary N) is 1. The van der Waals surface area contributed by atoms with Crippen LogP contribution in [0, 0.1) is 6.92 Å². The SMILES string of the molecule is Cc1ccc(N)cc1N(CCO)C1CCCC1. The number of aliphatic hydroxyl groups excluding tert-OH is 1. The standard InChI is InChI=1S/C14H22N2O/c1-11-6-7-12(15)10-14(11)16(8-9-17)13-4-2-3-5-13/h6-7,10,13,17H,2-5,8-9,15H2,1H3. The van der Waals surface area contributed by atoms with E-state index < -0.39 is 0 Å². The fourth-order valence-corrected chi connectivity index (χ4v) is 2.76. The molecule has 1 aromatic rings. The Kier molecular flexibility index (Phi) is 3.89. The van der Waals surface area contributed by atoms with Gasteiger partial charge in [0.15, 0.2) is 0 Å². The molecule has 0 radical (unpaired) electrons. The van der Waals surface area contributed by atoms with E-state index in [9.17, 15) is 5.11 Å². The number of anilines is 2. The lowest BCUT2D eigenvalue weighted by Gasteiger charge is -2.32. The number of nitrogen functional groups attached to an aromatic ring is 1. The quantitative estimate of drug-likeness (QED) is 0.786. The van der Waals surface area contributed by atoms with Crippen LogP contribution in [0.25, 0.3) is 0 Å². The van der Waals surface area contributed by atoms with Crippen molar-refractivity contribution in [1.82, 2.24) is 0 Å². The number of rotatable bonds is 4. The zero-order chi connectivity index (χ0) is 12.3. The zero-order valence-corrected chi connectivity index (χ0v) is 10.5. The fourth-order valence-electron chi connectivity index (χ4n) is 2.76. The second kappa shape index (κ2) is 5.41. The molecule has 1 aliphatic rings. The number of hydrogen-bond donors (Lipinski definition) is 2. The van der Waals surface area contributed by atoms with Gasteiger partial charge in [-0.3, -0.25) is 0 Å². The van der Waals surface area contributed by atoms with Gasteiger partial charge in [-0.25, -0.2) is 0 Å². The number of aliphatic hydroxyl groups is 1. The van der Waals surface area contributed by atoms with Crippen molar-refractivity contribution < 1.29 is 5.11 Å². The smallest absolute Gasteiger partial charge is 0.0606 e. The van der Waals surface area contributed by atoms with E-state index in [2.05, 4.69) is 17.9 Å². The minimum Gasteiger partial charge on any atom is -0.399 e. The monoisotopic (exact) mass is 234 g/mol. The van der Waals surface area contributed by atoms with E-state index in [1.54, 1.807) is 0 Å². The normalized spacial score (nSPS) is 16.4. The highest BCUT2D eigenvalue weighted by molar-refractivity contribution is 5.61. The van der Waals surface area contributed by atoms with Gasteiger partial charge in [0.2, 0.25) is 0 Å². The molecule has 1 saturated carbocycles. The van der Waals surface area contributed by atoms with Crippen LogP contribution in [0.2, 0.25) is 0 Å². The van der Waals surface area contributed by atoms with Gasteiger partial charge in [0.1, 0.15) is 0 Å². The summed E-state index contributed by atoms with van der Waals surface area (Å²) in [5, 5.41) is 9.25. The van der Waals surface area contributed by atoms with E-state index in [1.165, 1.54) is 36.9 Å². The van der Waals surface area contributed by atoms with Crippen LogP contribution in [0.3, 0.4) is 0 Å². The van der Waals surface area contributed by atoms with Gasteiger partial charge in [-0.2, -0.15) is 0 Å². The van der Waals surface area contributed by atoms with Gasteiger partial charge >= 0.3 is 0 Å². The van der Waals surface area contributed by atoms with Crippen LogP contribution in [0.1, 0.15) is 31.2 Å². The third kappa shape index (κ3) is 2.72. The lowest BCUT2D eigenvalue weighted by atomic mass is 10.1. The van der Waals surface area contributed by atoms with Gasteiger partial charge in [0.25, 0.3) is 0 Å². The Bertz CT molecular complexity index is 372. The molecule has 94 valence electrons. The molecule has 3 nitrogen and oxygen atoms in total.